The molecule has 0 saturated carbocycles. The molecule has 0 bridgehead atoms. The van der Waals surface area contributed by atoms with Crippen LogP contribution in [0.15, 0.2) is 41.9 Å². The summed E-state index contributed by atoms with van der Waals surface area (Å²) in [5.74, 6) is 1.07. The third-order valence-corrected chi connectivity index (χ3v) is 4.82. The first-order valence-electron chi connectivity index (χ1n) is 10.3. The summed E-state index contributed by atoms with van der Waals surface area (Å²) < 4.78 is 13.0. The number of nitrogens with zero attached hydrogens (tertiary/aromatic N) is 3. The zero-order valence-corrected chi connectivity index (χ0v) is 17.6. The number of esters is 1. The molecule has 0 spiro atoms. The minimum absolute atomic E-state index is 0.205. The van der Waals surface area contributed by atoms with Crippen LogP contribution in [0.2, 0.25) is 0 Å². The molecule has 0 aliphatic carbocycles. The Bertz CT molecular complexity index is 855. The van der Waals surface area contributed by atoms with Crippen LogP contribution in [0.25, 0.3) is 0 Å². The number of carbonyl (C=O) groups is 1. The van der Waals surface area contributed by atoms with E-state index in [1.54, 1.807) is 4.68 Å². The minimum Gasteiger partial charge on any atom is -0.494 e. The highest BCUT2D eigenvalue weighted by Gasteiger charge is 2.34. The number of anilines is 1. The molecule has 0 amide bonds. The molecule has 2 heterocycles. The van der Waals surface area contributed by atoms with E-state index in [0.29, 0.717) is 18.1 Å². The number of carbonyl (C=O) groups excluding carboxylic acids is 1. The first kappa shape index (κ1) is 20.9. The molecule has 156 valence electrons. The molecule has 0 saturated heterocycles. The van der Waals surface area contributed by atoms with Gasteiger partial charge in [0.25, 0.3) is 0 Å². The lowest BCUT2D eigenvalue weighted by molar-refractivity contribution is -0.143. The summed E-state index contributed by atoms with van der Waals surface area (Å²) in [5.41, 5.74) is 2.17. The van der Waals surface area contributed by atoms with Crippen LogP contribution in [0.5, 0.6) is 5.75 Å². The maximum Gasteiger partial charge on any atom is 0.338 e. The maximum atomic E-state index is 12.8. The van der Waals surface area contributed by atoms with Gasteiger partial charge in [0, 0.05) is 5.70 Å². The predicted molar refractivity (Wildman–Crippen MR) is 112 cm³/mol. The van der Waals surface area contributed by atoms with Gasteiger partial charge in [0.05, 0.1) is 18.3 Å². The van der Waals surface area contributed by atoms with Crippen molar-refractivity contribution in [3.63, 3.8) is 0 Å². The highest BCUT2D eigenvalue weighted by molar-refractivity contribution is 5.92. The van der Waals surface area contributed by atoms with Crippen molar-refractivity contribution in [3.8, 4) is 5.75 Å². The van der Waals surface area contributed by atoms with Crippen LogP contribution >= 0.6 is 0 Å². The number of unbranched alkanes of at least 4 members (excludes halogenated alkanes) is 3. The second kappa shape index (κ2) is 9.58. The molecule has 7 nitrogen and oxygen atoms in total. The van der Waals surface area contributed by atoms with Gasteiger partial charge in [-0.2, -0.15) is 10.1 Å². The van der Waals surface area contributed by atoms with Crippen LogP contribution in [-0.4, -0.2) is 33.4 Å². The number of nitrogens with one attached hydrogen (secondary N) is 1. The Kier molecular flexibility index (Phi) is 6.90. The quantitative estimate of drug-likeness (QED) is 0.496. The average molecular weight is 399 g/mol. The topological polar surface area (TPSA) is 78.3 Å². The number of allylic oxidation sites excluding steroid dienone is 1. The minimum atomic E-state index is -0.404. The van der Waals surface area contributed by atoms with Gasteiger partial charge in [0.2, 0.25) is 5.95 Å². The van der Waals surface area contributed by atoms with E-state index in [1.807, 2.05) is 45.0 Å². The fraction of sp³-hybridized carbons (Fsp3) is 0.500. The second-order valence-electron chi connectivity index (χ2n) is 7.53. The van der Waals surface area contributed by atoms with Crippen molar-refractivity contribution in [1.82, 2.24) is 14.8 Å². The lowest BCUT2D eigenvalue weighted by Crippen LogP contribution is -2.30. The van der Waals surface area contributed by atoms with Crippen molar-refractivity contribution in [1.29, 1.82) is 0 Å². The zero-order chi connectivity index (χ0) is 20.8. The van der Waals surface area contributed by atoms with E-state index in [0.717, 1.165) is 23.4 Å². The van der Waals surface area contributed by atoms with Crippen molar-refractivity contribution in [3.05, 3.63) is 47.4 Å². The standard InChI is InChI=1S/C22H30N4O3/c1-5-6-7-8-13-28-18-11-9-17(10-12-18)20-19(21(27)29-15(2)3)16(4)25-22-23-14-24-26(20)22/h9-12,14-15,20H,5-8,13H2,1-4H3,(H,23,24,25)/t20-/m1/s1. The number of rotatable bonds is 9. The lowest BCUT2D eigenvalue weighted by atomic mass is 9.95. The molecule has 1 aliphatic heterocycles. The Morgan fingerprint density at radius 3 is 2.66 bits per heavy atom. The maximum absolute atomic E-state index is 12.8. The number of hydrogen-bond donors (Lipinski definition) is 1. The molecule has 2 aromatic rings. The van der Waals surface area contributed by atoms with Gasteiger partial charge in [-0.05, 0) is 44.9 Å². The molecular formula is C22H30N4O3. The molecule has 1 aliphatic rings. The van der Waals surface area contributed by atoms with E-state index < -0.39 is 6.04 Å². The number of benzene rings is 1. The Morgan fingerprint density at radius 1 is 1.21 bits per heavy atom. The summed E-state index contributed by atoms with van der Waals surface area (Å²) in [4.78, 5) is 17.1. The van der Waals surface area contributed by atoms with Crippen LogP contribution in [0.1, 0.15) is 65.0 Å². The normalized spacial score (nSPS) is 15.8. The van der Waals surface area contributed by atoms with Crippen molar-refractivity contribution >= 4 is 11.9 Å². The number of fused-ring (bicyclic) bond motifs is 1. The van der Waals surface area contributed by atoms with Gasteiger partial charge in [-0.3, -0.25) is 0 Å². The third-order valence-electron chi connectivity index (χ3n) is 4.82. The van der Waals surface area contributed by atoms with E-state index in [4.69, 9.17) is 9.47 Å². The van der Waals surface area contributed by atoms with Gasteiger partial charge in [0.1, 0.15) is 18.1 Å². The lowest BCUT2D eigenvalue weighted by Gasteiger charge is -2.28. The Morgan fingerprint density at radius 2 is 1.97 bits per heavy atom. The molecule has 0 fully saturated rings. The Hall–Kier alpha value is -2.83. The van der Waals surface area contributed by atoms with E-state index in [9.17, 15) is 4.79 Å². The molecule has 1 atom stereocenters. The van der Waals surface area contributed by atoms with Crippen LogP contribution in [-0.2, 0) is 9.53 Å². The predicted octanol–water partition coefficient (Wildman–Crippen LogP) is 4.48. The van der Waals surface area contributed by atoms with Crippen molar-refractivity contribution in [2.24, 2.45) is 0 Å². The van der Waals surface area contributed by atoms with Crippen LogP contribution in [0.3, 0.4) is 0 Å². The second-order valence-corrected chi connectivity index (χ2v) is 7.53. The summed E-state index contributed by atoms with van der Waals surface area (Å²) in [7, 11) is 0. The highest BCUT2D eigenvalue weighted by Crippen LogP contribution is 2.35. The Balaban J connectivity index is 1.81. The number of aromatic nitrogens is 3. The molecular weight excluding hydrogens is 368 g/mol. The molecule has 29 heavy (non-hydrogen) atoms. The monoisotopic (exact) mass is 398 g/mol. The van der Waals surface area contributed by atoms with Gasteiger partial charge in [0.15, 0.2) is 0 Å². The van der Waals surface area contributed by atoms with Crippen molar-refractivity contribution in [2.45, 2.75) is 65.5 Å². The van der Waals surface area contributed by atoms with Gasteiger partial charge < -0.3 is 14.8 Å². The molecule has 1 aromatic heterocycles. The summed E-state index contributed by atoms with van der Waals surface area (Å²) >= 11 is 0. The molecule has 1 aromatic carbocycles. The average Bonchev–Trinajstić information content (AvgIpc) is 3.14. The number of ether oxygens (including phenoxy) is 2. The van der Waals surface area contributed by atoms with E-state index in [2.05, 4.69) is 22.3 Å². The fourth-order valence-corrected chi connectivity index (χ4v) is 3.41. The van der Waals surface area contributed by atoms with E-state index >= 15 is 0 Å². The summed E-state index contributed by atoms with van der Waals surface area (Å²) in [6.07, 6.45) is 5.96. The SMILES string of the molecule is CCCCCCOc1ccc([C@@H]2C(C(=O)OC(C)C)=C(C)Nc3ncnn32)cc1. The third kappa shape index (κ3) is 4.96. The van der Waals surface area contributed by atoms with Crippen LogP contribution in [0, 0.1) is 0 Å². The smallest absolute Gasteiger partial charge is 0.338 e. The van der Waals surface area contributed by atoms with Gasteiger partial charge >= 0.3 is 5.97 Å². The van der Waals surface area contributed by atoms with Crippen LogP contribution in [0.4, 0.5) is 5.95 Å². The van der Waals surface area contributed by atoms with Gasteiger partial charge in [-0.25, -0.2) is 9.48 Å². The van der Waals surface area contributed by atoms with Gasteiger partial charge in [-0.15, -0.1) is 0 Å². The van der Waals surface area contributed by atoms with Crippen LogP contribution < -0.4 is 10.1 Å². The highest BCUT2D eigenvalue weighted by atomic mass is 16.5. The Labute approximate surface area is 172 Å². The van der Waals surface area contributed by atoms with E-state index in [-0.39, 0.29) is 12.1 Å². The first-order chi connectivity index (χ1) is 14.0. The zero-order valence-electron chi connectivity index (χ0n) is 17.6. The van der Waals surface area contributed by atoms with Crippen molar-refractivity contribution in [2.75, 3.05) is 11.9 Å². The van der Waals surface area contributed by atoms with E-state index in [1.165, 1.54) is 25.6 Å². The summed E-state index contributed by atoms with van der Waals surface area (Å²) in [6, 6.07) is 7.42. The van der Waals surface area contributed by atoms with Crippen molar-refractivity contribution < 1.29 is 14.3 Å². The largest absolute Gasteiger partial charge is 0.494 e. The first-order valence-corrected chi connectivity index (χ1v) is 10.3. The van der Waals surface area contributed by atoms with Gasteiger partial charge in [-0.1, -0.05) is 38.3 Å². The number of hydrogen-bond acceptors (Lipinski definition) is 6. The molecule has 0 unspecified atom stereocenters. The fourth-order valence-electron chi connectivity index (χ4n) is 3.41. The summed E-state index contributed by atoms with van der Waals surface area (Å²) in [5, 5.41) is 7.47. The summed E-state index contributed by atoms with van der Waals surface area (Å²) in [6.45, 7) is 8.45. The molecule has 0 radical (unpaired) electrons. The molecule has 1 N–H and O–H groups in total. The molecule has 7 heteroatoms. The molecule has 3 rings (SSSR count).